The van der Waals surface area contributed by atoms with Crippen molar-refractivity contribution in [2.45, 2.75) is 58.3 Å². The lowest BCUT2D eigenvalue weighted by atomic mass is 10.2. The molecular weight excluding hydrogens is 550 g/mol. The van der Waals surface area contributed by atoms with Crippen molar-refractivity contribution in [2.75, 3.05) is 16.9 Å². The van der Waals surface area contributed by atoms with Gasteiger partial charge in [0.05, 0.1) is 18.0 Å². The summed E-state index contributed by atoms with van der Waals surface area (Å²) in [4.78, 5) is 33.6. The number of carbonyl (C=O) groups is 2. The van der Waals surface area contributed by atoms with E-state index in [1.54, 1.807) is 61.1 Å². The second-order valence-electron chi connectivity index (χ2n) is 11.1. The molecule has 5 rings (SSSR count). The number of benzene rings is 1. The number of aliphatic hydroxyl groups excluding tert-OH is 1. The van der Waals surface area contributed by atoms with Gasteiger partial charge < -0.3 is 19.6 Å². The van der Waals surface area contributed by atoms with Gasteiger partial charge in [0.25, 0.3) is 12.3 Å². The number of nitrogens with one attached hydrogen (secondary N) is 2. The Labute approximate surface area is 241 Å². The number of hydrogen-bond donors (Lipinski definition) is 3. The molecule has 3 aromatic rings. The van der Waals surface area contributed by atoms with Crippen LogP contribution in [0.25, 0.3) is 11.5 Å². The minimum atomic E-state index is -2.78. The maximum absolute atomic E-state index is 14.4. The van der Waals surface area contributed by atoms with Gasteiger partial charge in [0.1, 0.15) is 23.7 Å². The Morgan fingerprint density at radius 3 is 2.55 bits per heavy atom. The third kappa shape index (κ3) is 6.92. The molecule has 0 bridgehead atoms. The van der Waals surface area contributed by atoms with Crippen LogP contribution >= 0.6 is 0 Å². The van der Waals surface area contributed by atoms with Crippen LogP contribution in [0.4, 0.5) is 25.1 Å². The Hall–Kier alpha value is -4.36. The summed E-state index contributed by atoms with van der Waals surface area (Å²) in [6, 6.07) is 8.61. The average Bonchev–Trinajstić information content (AvgIpc) is 3.47. The highest BCUT2D eigenvalue weighted by Gasteiger charge is 2.43. The van der Waals surface area contributed by atoms with Gasteiger partial charge in [-0.15, -0.1) is 0 Å². The number of aromatic nitrogens is 2. The standard InChI is InChI=1S/C29H32F2N6O5/c1-29(2,3)42-28(40)35-23-12-19(10-11-32-23)27-34-22(16-41-27)26(39)33-21-14-36(20-8-6-18(15-38)7-9-20)37(13-17-4-5-17)24(21)25(30)31/h6-12,14,16-17,24-25,38H,4-5,13,15H2,1-3H3,(H,33,39)(H,32,35,40). The van der Waals surface area contributed by atoms with Gasteiger partial charge in [-0.3, -0.25) is 15.1 Å². The second-order valence-corrected chi connectivity index (χ2v) is 11.1. The molecule has 1 aliphatic carbocycles. The fraction of sp³-hybridized carbons (Fsp3) is 0.379. The zero-order chi connectivity index (χ0) is 30.0. The molecular formula is C29H32F2N6O5. The summed E-state index contributed by atoms with van der Waals surface area (Å²) in [5, 5.41) is 17.7. The lowest BCUT2D eigenvalue weighted by Crippen LogP contribution is -2.48. The summed E-state index contributed by atoms with van der Waals surface area (Å²) in [6.07, 6.45) is 2.49. The van der Waals surface area contributed by atoms with E-state index in [-0.39, 0.29) is 29.7 Å². The molecule has 42 heavy (non-hydrogen) atoms. The summed E-state index contributed by atoms with van der Waals surface area (Å²) in [7, 11) is 0. The Morgan fingerprint density at radius 1 is 1.17 bits per heavy atom. The van der Waals surface area contributed by atoms with Crippen LogP contribution in [0.5, 0.6) is 0 Å². The quantitative estimate of drug-likeness (QED) is 0.321. The van der Waals surface area contributed by atoms with Crippen molar-refractivity contribution < 1.29 is 32.6 Å². The number of pyridine rings is 1. The van der Waals surface area contributed by atoms with Crippen molar-refractivity contribution in [1.29, 1.82) is 0 Å². The van der Waals surface area contributed by atoms with Crippen LogP contribution < -0.4 is 15.6 Å². The van der Waals surface area contributed by atoms with Crippen LogP contribution in [0.1, 0.15) is 49.7 Å². The first kappa shape index (κ1) is 29.1. The molecule has 2 amide bonds. The largest absolute Gasteiger partial charge is 0.444 e. The number of aliphatic hydroxyl groups is 1. The molecule has 3 heterocycles. The summed E-state index contributed by atoms with van der Waals surface area (Å²) in [6.45, 7) is 5.47. The molecule has 1 atom stereocenters. The number of rotatable bonds is 9. The minimum Gasteiger partial charge on any atom is -0.444 e. The predicted octanol–water partition coefficient (Wildman–Crippen LogP) is 4.93. The highest BCUT2D eigenvalue weighted by molar-refractivity contribution is 5.94. The summed E-state index contributed by atoms with van der Waals surface area (Å²) < 4.78 is 39.6. The van der Waals surface area contributed by atoms with E-state index >= 15 is 0 Å². The summed E-state index contributed by atoms with van der Waals surface area (Å²) in [5.74, 6) is -0.166. The maximum atomic E-state index is 14.4. The Bertz CT molecular complexity index is 1470. The van der Waals surface area contributed by atoms with Crippen molar-refractivity contribution in [3.8, 4) is 11.5 Å². The van der Waals surface area contributed by atoms with Crippen LogP contribution in [0.2, 0.25) is 0 Å². The number of nitrogens with zero attached hydrogens (tertiary/aromatic N) is 4. The molecule has 13 heteroatoms. The Morgan fingerprint density at radius 2 is 1.90 bits per heavy atom. The normalized spacial score (nSPS) is 17.4. The zero-order valence-corrected chi connectivity index (χ0v) is 23.4. The van der Waals surface area contributed by atoms with Crippen LogP contribution in [-0.4, -0.2) is 56.7 Å². The van der Waals surface area contributed by atoms with Crippen LogP contribution in [0.3, 0.4) is 0 Å². The predicted molar refractivity (Wildman–Crippen MR) is 149 cm³/mol. The Kier molecular flexibility index (Phi) is 8.23. The number of hydrazine groups is 1. The molecule has 1 unspecified atom stereocenters. The van der Waals surface area contributed by atoms with Crippen molar-refractivity contribution >= 4 is 23.5 Å². The number of carbonyl (C=O) groups excluding carboxylic acids is 2. The van der Waals surface area contributed by atoms with E-state index in [1.807, 2.05) is 0 Å². The lowest BCUT2D eigenvalue weighted by molar-refractivity contribution is 0.0466. The van der Waals surface area contributed by atoms with Crippen LogP contribution in [-0.2, 0) is 11.3 Å². The molecule has 11 nitrogen and oxygen atoms in total. The van der Waals surface area contributed by atoms with Gasteiger partial charge in [0, 0.05) is 24.5 Å². The van der Waals surface area contributed by atoms with E-state index in [4.69, 9.17) is 9.15 Å². The topological polar surface area (TPSA) is 133 Å². The molecule has 1 saturated carbocycles. The van der Waals surface area contributed by atoms with E-state index in [9.17, 15) is 23.5 Å². The lowest BCUT2D eigenvalue weighted by Gasteiger charge is -2.33. The smallest absolute Gasteiger partial charge is 0.413 e. The number of anilines is 2. The van der Waals surface area contributed by atoms with Gasteiger partial charge in [-0.25, -0.2) is 28.6 Å². The summed E-state index contributed by atoms with van der Waals surface area (Å²) >= 11 is 0. The highest BCUT2D eigenvalue weighted by Crippen LogP contribution is 2.37. The molecule has 1 aromatic carbocycles. The van der Waals surface area contributed by atoms with Gasteiger partial charge in [0.2, 0.25) is 5.89 Å². The molecule has 2 aliphatic rings. The average molecular weight is 583 g/mol. The molecule has 1 aliphatic heterocycles. The molecule has 0 saturated heterocycles. The number of hydrogen-bond acceptors (Lipinski definition) is 9. The molecule has 3 N–H and O–H groups in total. The monoisotopic (exact) mass is 582 g/mol. The third-order valence-corrected chi connectivity index (χ3v) is 6.57. The van der Waals surface area contributed by atoms with Gasteiger partial charge in [-0.2, -0.15) is 0 Å². The SMILES string of the molecule is CC(C)(C)OC(=O)Nc1cc(-c2nc(C(=O)NC3=CN(c4ccc(CO)cc4)N(CC4CC4)C3C(F)F)co2)ccn1. The fourth-order valence-electron chi connectivity index (χ4n) is 4.44. The third-order valence-electron chi connectivity index (χ3n) is 6.57. The number of ether oxygens (including phenoxy) is 1. The maximum Gasteiger partial charge on any atom is 0.413 e. The molecule has 222 valence electrons. The van der Waals surface area contributed by atoms with Crippen molar-refractivity contribution in [3.05, 3.63) is 72.0 Å². The van der Waals surface area contributed by atoms with Gasteiger partial charge >= 0.3 is 6.09 Å². The number of alkyl halides is 2. The fourth-order valence-corrected chi connectivity index (χ4v) is 4.44. The van der Waals surface area contributed by atoms with Crippen molar-refractivity contribution in [3.63, 3.8) is 0 Å². The van der Waals surface area contributed by atoms with Crippen LogP contribution in [0, 0.1) is 5.92 Å². The Balaban J connectivity index is 1.33. The van der Waals surface area contributed by atoms with E-state index in [2.05, 4.69) is 20.6 Å². The number of oxazole rings is 1. The molecule has 1 fully saturated rings. The first-order chi connectivity index (χ1) is 20.0. The first-order valence-corrected chi connectivity index (χ1v) is 13.5. The minimum absolute atomic E-state index is 0.0270. The molecule has 0 radical (unpaired) electrons. The number of amides is 2. The molecule has 2 aromatic heterocycles. The van der Waals surface area contributed by atoms with Gasteiger partial charge in [0.15, 0.2) is 5.69 Å². The first-order valence-electron chi connectivity index (χ1n) is 13.5. The van der Waals surface area contributed by atoms with E-state index in [0.717, 1.165) is 19.1 Å². The van der Waals surface area contributed by atoms with Crippen molar-refractivity contribution in [1.82, 2.24) is 20.3 Å². The number of halogens is 2. The van der Waals surface area contributed by atoms with E-state index in [0.29, 0.717) is 29.3 Å². The summed E-state index contributed by atoms with van der Waals surface area (Å²) in [5.41, 5.74) is 0.962. The van der Waals surface area contributed by atoms with Crippen molar-refractivity contribution in [2.24, 2.45) is 5.92 Å². The van der Waals surface area contributed by atoms with E-state index < -0.39 is 30.1 Å². The van der Waals surface area contributed by atoms with Gasteiger partial charge in [-0.05, 0) is 69.4 Å². The molecule has 0 spiro atoms. The highest BCUT2D eigenvalue weighted by atomic mass is 19.3. The van der Waals surface area contributed by atoms with E-state index in [1.165, 1.54) is 18.5 Å². The van der Waals surface area contributed by atoms with Crippen LogP contribution in [0.15, 0.2) is 65.2 Å². The van der Waals surface area contributed by atoms with Gasteiger partial charge in [-0.1, -0.05) is 12.1 Å². The second kappa shape index (κ2) is 11.9. The zero-order valence-electron chi connectivity index (χ0n) is 23.4.